The van der Waals surface area contributed by atoms with Crippen molar-refractivity contribution in [3.05, 3.63) is 119 Å². The molecule has 0 saturated carbocycles. The molecule has 8 heteroatoms. The summed E-state index contributed by atoms with van der Waals surface area (Å²) >= 11 is 0. The lowest BCUT2D eigenvalue weighted by Crippen LogP contribution is -2.27. The Morgan fingerprint density at radius 2 is 1.54 bits per heavy atom. The van der Waals surface area contributed by atoms with E-state index in [-0.39, 0.29) is 23.0 Å². The third-order valence-corrected chi connectivity index (χ3v) is 7.24. The molecule has 0 aliphatic carbocycles. The Morgan fingerprint density at radius 1 is 0.795 bits per heavy atom. The van der Waals surface area contributed by atoms with Crippen LogP contribution in [0, 0.1) is 6.92 Å². The Labute approximate surface area is 229 Å². The first kappa shape index (κ1) is 27.7. The summed E-state index contributed by atoms with van der Waals surface area (Å²) in [4.78, 5) is 12.6. The lowest BCUT2D eigenvalue weighted by molar-refractivity contribution is -0.120. The van der Waals surface area contributed by atoms with Gasteiger partial charge in [-0.1, -0.05) is 66.2 Å². The van der Waals surface area contributed by atoms with E-state index < -0.39 is 10.1 Å². The Bertz CT molecular complexity index is 1500. The number of rotatable bonds is 12. The van der Waals surface area contributed by atoms with Crippen molar-refractivity contribution >= 4 is 16.0 Å². The molecule has 0 aliphatic heterocycles. The monoisotopic (exact) mass is 545 g/mol. The molecule has 39 heavy (non-hydrogen) atoms. The summed E-state index contributed by atoms with van der Waals surface area (Å²) in [7, 11) is -2.37. The quantitative estimate of drug-likeness (QED) is 0.245. The number of nitrogens with one attached hydrogen (secondary N) is 1. The fourth-order valence-electron chi connectivity index (χ4n) is 3.91. The summed E-state index contributed by atoms with van der Waals surface area (Å²) in [5.41, 5.74) is 3.64. The highest BCUT2D eigenvalue weighted by atomic mass is 32.2. The smallest absolute Gasteiger partial charge is 0.339 e. The van der Waals surface area contributed by atoms with Gasteiger partial charge < -0.3 is 19.0 Å². The average molecular weight is 546 g/mol. The lowest BCUT2D eigenvalue weighted by atomic mass is 10.1. The van der Waals surface area contributed by atoms with Gasteiger partial charge >= 0.3 is 10.1 Å². The van der Waals surface area contributed by atoms with Crippen LogP contribution in [-0.4, -0.2) is 28.0 Å². The highest BCUT2D eigenvalue weighted by Gasteiger charge is 2.17. The van der Waals surface area contributed by atoms with E-state index in [0.29, 0.717) is 36.6 Å². The van der Waals surface area contributed by atoms with Crippen molar-refractivity contribution in [2.24, 2.45) is 0 Å². The van der Waals surface area contributed by atoms with Crippen LogP contribution in [-0.2, 0) is 34.4 Å². The molecule has 0 heterocycles. The Kier molecular flexibility index (Phi) is 9.22. The topological polar surface area (TPSA) is 90.9 Å². The molecule has 0 unspecified atom stereocenters. The average Bonchev–Trinajstić information content (AvgIpc) is 2.93. The summed E-state index contributed by atoms with van der Waals surface area (Å²) in [6, 6.07) is 28.5. The van der Waals surface area contributed by atoms with Gasteiger partial charge in [0.1, 0.15) is 17.3 Å². The number of amides is 1. The van der Waals surface area contributed by atoms with Gasteiger partial charge in [0.25, 0.3) is 0 Å². The second-order valence-corrected chi connectivity index (χ2v) is 10.6. The van der Waals surface area contributed by atoms with E-state index in [1.165, 1.54) is 12.1 Å². The van der Waals surface area contributed by atoms with Gasteiger partial charge in [-0.15, -0.1) is 0 Å². The van der Waals surface area contributed by atoms with E-state index in [2.05, 4.69) is 5.32 Å². The lowest BCUT2D eigenvalue weighted by Gasteiger charge is -2.13. The molecule has 0 aromatic heterocycles. The number of methoxy groups -OCH3 is 1. The van der Waals surface area contributed by atoms with Crippen molar-refractivity contribution in [1.82, 2.24) is 5.32 Å². The molecule has 4 aromatic carbocycles. The van der Waals surface area contributed by atoms with Gasteiger partial charge in [-0.05, 0) is 66.4 Å². The fourth-order valence-corrected chi connectivity index (χ4v) is 4.83. The van der Waals surface area contributed by atoms with Gasteiger partial charge in [0.05, 0.1) is 13.5 Å². The van der Waals surface area contributed by atoms with Crippen molar-refractivity contribution in [2.75, 3.05) is 13.7 Å². The third-order valence-electron chi connectivity index (χ3n) is 5.98. The van der Waals surface area contributed by atoms with E-state index in [9.17, 15) is 13.2 Å². The highest BCUT2D eigenvalue weighted by molar-refractivity contribution is 7.87. The molecular formula is C31H31NO6S. The number of hydrogen-bond acceptors (Lipinski definition) is 6. The van der Waals surface area contributed by atoms with Crippen LogP contribution in [0.4, 0.5) is 0 Å². The summed E-state index contributed by atoms with van der Waals surface area (Å²) in [5.74, 6) is 1.26. The number of benzene rings is 4. The summed E-state index contributed by atoms with van der Waals surface area (Å²) in [6.07, 6.45) is 0.700. The van der Waals surface area contributed by atoms with E-state index in [0.717, 1.165) is 16.7 Å². The van der Waals surface area contributed by atoms with E-state index in [1.807, 2.05) is 55.5 Å². The standard InChI is InChI=1S/C31H31NO6S/c1-23-11-14-28(15-12-23)39(34,35)38-27-10-6-9-26(19-27)21-31(33)32-18-17-24-13-16-29(36-2)30(20-24)37-22-25-7-4-3-5-8-25/h3-16,19-20H,17-18,21-22H2,1-2H3,(H,32,33). The van der Waals surface area contributed by atoms with Crippen molar-refractivity contribution in [3.8, 4) is 17.2 Å². The van der Waals surface area contributed by atoms with Gasteiger partial charge in [0, 0.05) is 6.54 Å². The van der Waals surface area contributed by atoms with Gasteiger partial charge in [-0.25, -0.2) is 0 Å². The molecule has 0 radical (unpaired) electrons. The minimum Gasteiger partial charge on any atom is -0.493 e. The number of ether oxygens (including phenoxy) is 2. The van der Waals surface area contributed by atoms with Crippen LogP contribution in [0.3, 0.4) is 0 Å². The summed E-state index contributed by atoms with van der Waals surface area (Å²) in [6.45, 7) is 2.73. The zero-order valence-corrected chi connectivity index (χ0v) is 22.7. The fraction of sp³-hybridized carbons (Fsp3) is 0.194. The van der Waals surface area contributed by atoms with Crippen molar-refractivity contribution in [1.29, 1.82) is 0 Å². The van der Waals surface area contributed by atoms with Gasteiger partial charge in [0.15, 0.2) is 11.5 Å². The van der Waals surface area contributed by atoms with E-state index >= 15 is 0 Å². The first-order valence-electron chi connectivity index (χ1n) is 12.5. The maximum atomic E-state index is 12.6. The molecule has 202 valence electrons. The molecule has 0 bridgehead atoms. The van der Waals surface area contributed by atoms with Crippen LogP contribution in [0.5, 0.6) is 17.2 Å². The molecule has 4 aromatic rings. The predicted octanol–water partition coefficient (Wildman–Crippen LogP) is 5.25. The van der Waals surface area contributed by atoms with Crippen LogP contribution >= 0.6 is 0 Å². The van der Waals surface area contributed by atoms with Gasteiger partial charge in [0.2, 0.25) is 5.91 Å². The summed E-state index contributed by atoms with van der Waals surface area (Å²) < 4.78 is 41.8. The zero-order valence-electron chi connectivity index (χ0n) is 21.9. The highest BCUT2D eigenvalue weighted by Crippen LogP contribution is 2.29. The van der Waals surface area contributed by atoms with Gasteiger partial charge in [-0.2, -0.15) is 8.42 Å². The van der Waals surface area contributed by atoms with Crippen LogP contribution in [0.15, 0.2) is 102 Å². The Balaban J connectivity index is 1.30. The first-order valence-corrected chi connectivity index (χ1v) is 13.9. The van der Waals surface area contributed by atoms with Crippen LogP contribution in [0.1, 0.15) is 22.3 Å². The number of carbonyl (C=O) groups is 1. The molecule has 0 aliphatic rings. The summed E-state index contributed by atoms with van der Waals surface area (Å²) in [5, 5.41) is 2.91. The maximum Gasteiger partial charge on any atom is 0.339 e. The molecule has 0 fully saturated rings. The molecule has 4 rings (SSSR count). The number of aryl methyl sites for hydroxylation is 1. The number of carbonyl (C=O) groups excluding carboxylic acids is 1. The number of hydrogen-bond donors (Lipinski definition) is 1. The molecular weight excluding hydrogens is 514 g/mol. The predicted molar refractivity (Wildman–Crippen MR) is 150 cm³/mol. The minimum absolute atomic E-state index is 0.0726. The largest absolute Gasteiger partial charge is 0.493 e. The van der Waals surface area contributed by atoms with Crippen LogP contribution in [0.2, 0.25) is 0 Å². The molecule has 1 N–H and O–H groups in total. The third kappa shape index (κ3) is 8.09. The second kappa shape index (κ2) is 13.0. The van der Waals surface area contributed by atoms with Crippen LogP contribution in [0.25, 0.3) is 0 Å². The Morgan fingerprint density at radius 3 is 2.28 bits per heavy atom. The SMILES string of the molecule is COc1ccc(CCNC(=O)Cc2cccc(OS(=O)(=O)c3ccc(C)cc3)c2)cc1OCc1ccccc1. The minimum atomic E-state index is -3.97. The molecule has 0 atom stereocenters. The molecule has 0 saturated heterocycles. The first-order chi connectivity index (χ1) is 18.8. The van der Waals surface area contributed by atoms with E-state index in [1.54, 1.807) is 43.5 Å². The normalized spacial score (nSPS) is 11.0. The Hall–Kier alpha value is -4.30. The molecule has 1 amide bonds. The molecule has 7 nitrogen and oxygen atoms in total. The van der Waals surface area contributed by atoms with E-state index in [4.69, 9.17) is 13.7 Å². The van der Waals surface area contributed by atoms with Crippen LogP contribution < -0.4 is 19.0 Å². The molecule has 0 spiro atoms. The van der Waals surface area contributed by atoms with Crippen molar-refractivity contribution < 1.29 is 26.9 Å². The zero-order chi connectivity index (χ0) is 27.7. The van der Waals surface area contributed by atoms with Crippen molar-refractivity contribution in [2.45, 2.75) is 31.3 Å². The van der Waals surface area contributed by atoms with Gasteiger partial charge in [-0.3, -0.25) is 4.79 Å². The second-order valence-electron chi connectivity index (χ2n) is 9.03. The van der Waals surface area contributed by atoms with Crippen molar-refractivity contribution in [3.63, 3.8) is 0 Å². The maximum absolute atomic E-state index is 12.6.